The van der Waals surface area contributed by atoms with Crippen LogP contribution in [-0.4, -0.2) is 29.9 Å². The van der Waals surface area contributed by atoms with E-state index >= 15 is 0 Å². The molecule has 0 saturated heterocycles. The van der Waals surface area contributed by atoms with Crippen molar-refractivity contribution in [3.63, 3.8) is 0 Å². The molecule has 0 amide bonds. The Morgan fingerprint density at radius 1 is 1.11 bits per heavy atom. The van der Waals surface area contributed by atoms with Crippen LogP contribution in [0.3, 0.4) is 0 Å². The maximum atomic E-state index is 5.93. The molecular weight excluding hydrogens is 350 g/mol. The van der Waals surface area contributed by atoms with Crippen LogP contribution in [0, 0.1) is 0 Å². The van der Waals surface area contributed by atoms with Gasteiger partial charge in [-0.15, -0.1) is 0 Å². The number of hydrogen-bond acceptors (Lipinski definition) is 4. The second kappa shape index (κ2) is 8.24. The molecule has 0 saturated carbocycles. The topological polar surface area (TPSA) is 30.9 Å². The lowest BCUT2D eigenvalue weighted by molar-refractivity contribution is -0.180. The van der Waals surface area contributed by atoms with Gasteiger partial charge in [0, 0.05) is 45.1 Å². The second-order valence-electron chi connectivity index (χ2n) is 8.92. The van der Waals surface area contributed by atoms with Gasteiger partial charge in [-0.25, -0.2) is 0 Å². The largest absolute Gasteiger partial charge is 0.463 e. The molecule has 4 heteroatoms. The first kappa shape index (κ1) is 20.8. The van der Waals surface area contributed by atoms with E-state index in [0.29, 0.717) is 6.61 Å². The molecule has 0 bridgehead atoms. The number of hydrogen-bond donors (Lipinski definition) is 0. The number of rotatable bonds is 6. The molecule has 0 N–H and O–H groups in total. The van der Waals surface area contributed by atoms with Gasteiger partial charge >= 0.3 is 0 Å². The van der Waals surface area contributed by atoms with Crippen LogP contribution in [0.5, 0.6) is 5.75 Å². The zero-order valence-electron chi connectivity index (χ0n) is 18.0. The van der Waals surface area contributed by atoms with Crippen molar-refractivity contribution in [2.24, 2.45) is 0 Å². The highest BCUT2D eigenvalue weighted by atomic mass is 16.7. The molecule has 2 aromatic carbocycles. The molecule has 0 aliphatic carbocycles. The summed E-state index contributed by atoms with van der Waals surface area (Å²) in [5.41, 5.74) is 3.55. The number of fused-ring (bicyclic) bond motifs is 1. The van der Waals surface area contributed by atoms with Gasteiger partial charge in [0.1, 0.15) is 5.75 Å². The van der Waals surface area contributed by atoms with Crippen molar-refractivity contribution in [1.29, 1.82) is 0 Å². The van der Waals surface area contributed by atoms with Crippen LogP contribution in [0.4, 0.5) is 0 Å². The fraction of sp³-hybridized carbons (Fsp3) is 0.500. The van der Waals surface area contributed by atoms with Crippen molar-refractivity contribution in [3.8, 4) is 5.75 Å². The summed E-state index contributed by atoms with van der Waals surface area (Å²) in [4.78, 5) is 2.46. The summed E-state index contributed by atoms with van der Waals surface area (Å²) in [7, 11) is 1.78. The summed E-state index contributed by atoms with van der Waals surface area (Å²) in [5.74, 6) is 0.320. The highest BCUT2D eigenvalue weighted by molar-refractivity contribution is 5.39. The third-order valence-corrected chi connectivity index (χ3v) is 5.22. The number of methoxy groups -OCH3 is 1. The standard InChI is InChI=1S/C24H33NO3/c1-23(2,3)25(15-18-10-8-7-9-11-18)16-22(26-6)19-12-13-21-20(14-19)17-27-24(4,5)28-21/h7-14,22H,15-17H2,1-6H3. The van der Waals surface area contributed by atoms with Crippen molar-refractivity contribution >= 4 is 0 Å². The average molecular weight is 384 g/mol. The van der Waals surface area contributed by atoms with Gasteiger partial charge < -0.3 is 14.2 Å². The summed E-state index contributed by atoms with van der Waals surface area (Å²) < 4.78 is 17.6. The normalized spacial score (nSPS) is 17.1. The SMILES string of the molecule is COC(CN(Cc1ccccc1)C(C)(C)C)c1ccc2c(c1)COC(C)(C)O2. The Labute approximate surface area is 169 Å². The van der Waals surface area contributed by atoms with Crippen molar-refractivity contribution < 1.29 is 14.2 Å². The van der Waals surface area contributed by atoms with Gasteiger partial charge in [-0.3, -0.25) is 4.90 Å². The van der Waals surface area contributed by atoms with E-state index in [0.717, 1.165) is 30.0 Å². The first-order chi connectivity index (χ1) is 13.2. The maximum absolute atomic E-state index is 5.93. The summed E-state index contributed by atoms with van der Waals surface area (Å²) in [6.45, 7) is 12.9. The van der Waals surface area contributed by atoms with Crippen LogP contribution in [0.2, 0.25) is 0 Å². The highest BCUT2D eigenvalue weighted by Gasteiger charge is 2.29. The minimum atomic E-state index is -0.576. The Hall–Kier alpha value is -1.88. The van der Waals surface area contributed by atoms with E-state index in [1.807, 2.05) is 19.9 Å². The highest BCUT2D eigenvalue weighted by Crippen LogP contribution is 2.34. The molecule has 0 aromatic heterocycles. The lowest BCUT2D eigenvalue weighted by Gasteiger charge is -2.38. The van der Waals surface area contributed by atoms with E-state index in [1.54, 1.807) is 7.11 Å². The van der Waals surface area contributed by atoms with E-state index in [2.05, 4.69) is 68.1 Å². The molecule has 0 radical (unpaired) electrons. The van der Waals surface area contributed by atoms with E-state index in [1.165, 1.54) is 5.56 Å². The van der Waals surface area contributed by atoms with Gasteiger partial charge in [0.05, 0.1) is 12.7 Å². The van der Waals surface area contributed by atoms with E-state index < -0.39 is 5.79 Å². The molecule has 1 unspecified atom stereocenters. The minimum Gasteiger partial charge on any atom is -0.463 e. The fourth-order valence-corrected chi connectivity index (χ4v) is 3.45. The molecule has 0 fully saturated rings. The predicted molar refractivity (Wildman–Crippen MR) is 112 cm³/mol. The Kier molecular flexibility index (Phi) is 6.13. The van der Waals surface area contributed by atoms with Gasteiger partial charge in [0.15, 0.2) is 0 Å². The van der Waals surface area contributed by atoms with Crippen molar-refractivity contribution in [2.45, 2.75) is 65.2 Å². The van der Waals surface area contributed by atoms with Gasteiger partial charge in [-0.05, 0) is 44.0 Å². The van der Waals surface area contributed by atoms with Crippen molar-refractivity contribution in [1.82, 2.24) is 4.90 Å². The van der Waals surface area contributed by atoms with Crippen LogP contribution >= 0.6 is 0 Å². The lowest BCUT2D eigenvalue weighted by atomic mass is 10.00. The van der Waals surface area contributed by atoms with Crippen LogP contribution in [0.15, 0.2) is 48.5 Å². The summed E-state index contributed by atoms with van der Waals surface area (Å²) in [5, 5.41) is 0. The number of nitrogens with zero attached hydrogens (tertiary/aromatic N) is 1. The van der Waals surface area contributed by atoms with Crippen molar-refractivity contribution in [2.75, 3.05) is 13.7 Å². The molecular formula is C24H33NO3. The fourth-order valence-electron chi connectivity index (χ4n) is 3.45. The number of ether oxygens (including phenoxy) is 3. The molecule has 3 rings (SSSR count). The van der Waals surface area contributed by atoms with E-state index in [-0.39, 0.29) is 11.6 Å². The van der Waals surface area contributed by atoms with Crippen molar-refractivity contribution in [3.05, 3.63) is 65.2 Å². The third-order valence-electron chi connectivity index (χ3n) is 5.22. The van der Waals surface area contributed by atoms with E-state index in [4.69, 9.17) is 14.2 Å². The molecule has 152 valence electrons. The Morgan fingerprint density at radius 2 is 1.82 bits per heavy atom. The molecule has 2 aromatic rings. The first-order valence-corrected chi connectivity index (χ1v) is 9.95. The second-order valence-corrected chi connectivity index (χ2v) is 8.92. The third kappa shape index (κ3) is 5.13. The predicted octanol–water partition coefficient (Wildman–Crippen LogP) is 5.32. The van der Waals surface area contributed by atoms with Crippen LogP contribution in [-0.2, 0) is 22.6 Å². The zero-order valence-corrected chi connectivity index (χ0v) is 18.0. The molecule has 0 spiro atoms. The zero-order chi connectivity index (χ0) is 20.4. The molecule has 1 aliphatic rings. The molecule has 1 atom stereocenters. The van der Waals surface area contributed by atoms with Gasteiger partial charge in [0.2, 0.25) is 5.79 Å². The van der Waals surface area contributed by atoms with E-state index in [9.17, 15) is 0 Å². The average Bonchev–Trinajstić information content (AvgIpc) is 2.64. The first-order valence-electron chi connectivity index (χ1n) is 9.95. The quantitative estimate of drug-likeness (QED) is 0.675. The maximum Gasteiger partial charge on any atom is 0.205 e. The van der Waals surface area contributed by atoms with Gasteiger partial charge in [-0.2, -0.15) is 0 Å². The molecule has 4 nitrogen and oxygen atoms in total. The Morgan fingerprint density at radius 3 is 2.46 bits per heavy atom. The monoisotopic (exact) mass is 383 g/mol. The van der Waals surface area contributed by atoms with Gasteiger partial charge in [0.25, 0.3) is 0 Å². The molecule has 1 heterocycles. The lowest BCUT2D eigenvalue weighted by Crippen LogP contribution is -2.43. The van der Waals surface area contributed by atoms with Crippen LogP contribution < -0.4 is 4.74 Å². The van der Waals surface area contributed by atoms with Gasteiger partial charge in [-0.1, -0.05) is 36.4 Å². The minimum absolute atomic E-state index is 0.0248. The number of benzene rings is 2. The van der Waals surface area contributed by atoms with Crippen LogP contribution in [0.25, 0.3) is 0 Å². The smallest absolute Gasteiger partial charge is 0.205 e. The summed E-state index contributed by atoms with van der Waals surface area (Å²) in [6, 6.07) is 16.9. The Balaban J connectivity index is 1.80. The summed E-state index contributed by atoms with van der Waals surface area (Å²) in [6.07, 6.45) is -0.0248. The Bertz CT molecular complexity index is 780. The molecule has 1 aliphatic heterocycles. The summed E-state index contributed by atoms with van der Waals surface area (Å²) >= 11 is 0. The van der Waals surface area contributed by atoms with Crippen LogP contribution in [0.1, 0.15) is 57.4 Å². The molecule has 28 heavy (non-hydrogen) atoms.